The van der Waals surface area contributed by atoms with Crippen molar-refractivity contribution >= 4 is 76.3 Å². The zero-order valence-electron chi connectivity index (χ0n) is 8.91. The molecule has 0 saturated carbocycles. The zero-order chi connectivity index (χ0) is 12.3. The second kappa shape index (κ2) is 3.81. The summed E-state index contributed by atoms with van der Waals surface area (Å²) >= 11 is 15.3. The van der Waals surface area contributed by atoms with Crippen LogP contribution in [0, 0.1) is 0 Å². The lowest BCUT2D eigenvalue weighted by Gasteiger charge is -1.93. The van der Waals surface area contributed by atoms with Gasteiger partial charge in [-0.15, -0.1) is 22.7 Å². The van der Waals surface area contributed by atoms with Crippen molar-refractivity contribution < 1.29 is 0 Å². The highest BCUT2D eigenvalue weighted by Crippen LogP contribution is 2.39. The van der Waals surface area contributed by atoms with Crippen LogP contribution >= 0.6 is 45.9 Å². The van der Waals surface area contributed by atoms with Gasteiger partial charge in [-0.1, -0.05) is 23.2 Å². The van der Waals surface area contributed by atoms with Crippen molar-refractivity contribution in [2.75, 3.05) is 0 Å². The van der Waals surface area contributed by atoms with Gasteiger partial charge in [0.1, 0.15) is 0 Å². The van der Waals surface area contributed by atoms with Crippen LogP contribution < -0.4 is 0 Å². The summed E-state index contributed by atoms with van der Waals surface area (Å²) in [4.78, 5) is 4.33. The molecular weight excluding hydrogens is 305 g/mol. The van der Waals surface area contributed by atoms with Gasteiger partial charge in [0.25, 0.3) is 0 Å². The summed E-state index contributed by atoms with van der Waals surface area (Å²) in [7, 11) is 0. The molecule has 4 rings (SSSR count). The molecule has 2 aromatic heterocycles. The highest BCUT2D eigenvalue weighted by molar-refractivity contribution is 7.26. The molecule has 0 bridgehead atoms. The number of hydrogen-bond acceptors (Lipinski definition) is 3. The molecule has 0 amide bonds. The van der Waals surface area contributed by atoms with Crippen molar-refractivity contribution in [1.29, 1.82) is 0 Å². The van der Waals surface area contributed by atoms with Gasteiger partial charge in [0, 0.05) is 25.2 Å². The number of thiazole rings is 1. The minimum Gasteiger partial charge on any atom is -0.225 e. The normalized spacial score (nSPS) is 11.9. The molecule has 0 saturated heterocycles. The molecule has 5 heteroatoms. The molecule has 0 aliphatic rings. The first kappa shape index (κ1) is 11.0. The van der Waals surface area contributed by atoms with E-state index in [0.29, 0.717) is 4.47 Å². The van der Waals surface area contributed by atoms with Crippen LogP contribution in [0.15, 0.2) is 30.3 Å². The summed E-state index contributed by atoms with van der Waals surface area (Å²) in [6.07, 6.45) is 0. The Morgan fingerprint density at radius 1 is 0.833 bits per heavy atom. The molecule has 88 valence electrons. The van der Waals surface area contributed by atoms with Gasteiger partial charge in [0.05, 0.1) is 10.2 Å². The molecule has 2 aromatic carbocycles. The number of rotatable bonds is 0. The van der Waals surface area contributed by atoms with Gasteiger partial charge in [-0.2, -0.15) is 0 Å². The Morgan fingerprint density at radius 3 is 2.56 bits per heavy atom. The van der Waals surface area contributed by atoms with E-state index in [9.17, 15) is 0 Å². The van der Waals surface area contributed by atoms with Crippen molar-refractivity contribution in [2.45, 2.75) is 0 Å². The summed E-state index contributed by atoms with van der Waals surface area (Å²) in [5, 5.41) is 3.15. The summed E-state index contributed by atoms with van der Waals surface area (Å²) in [6, 6.07) is 10.3. The topological polar surface area (TPSA) is 12.9 Å². The van der Waals surface area contributed by atoms with Crippen LogP contribution in [0.1, 0.15) is 0 Å². The van der Waals surface area contributed by atoms with E-state index in [2.05, 4.69) is 23.2 Å². The first-order valence-electron chi connectivity index (χ1n) is 5.28. The van der Waals surface area contributed by atoms with E-state index in [4.69, 9.17) is 23.2 Å². The fraction of sp³-hybridized carbons (Fsp3) is 0. The van der Waals surface area contributed by atoms with E-state index < -0.39 is 0 Å². The number of benzene rings is 2. The van der Waals surface area contributed by atoms with E-state index >= 15 is 0 Å². The van der Waals surface area contributed by atoms with E-state index in [-0.39, 0.29) is 0 Å². The molecule has 0 unspecified atom stereocenters. The Morgan fingerprint density at radius 2 is 1.67 bits per heavy atom. The standard InChI is InChI=1S/C13H5Cl2NS2/c14-6-1-2-10-7(3-6)8-4-9-12(5-11(8)17-10)18-13(15)16-9/h1-5H. The van der Waals surface area contributed by atoms with Crippen LogP contribution in [0.5, 0.6) is 0 Å². The molecule has 2 heterocycles. The Bertz CT molecular complexity index is 907. The molecule has 4 aromatic rings. The van der Waals surface area contributed by atoms with Gasteiger partial charge < -0.3 is 0 Å². The maximum absolute atomic E-state index is 6.07. The largest absolute Gasteiger partial charge is 0.225 e. The van der Waals surface area contributed by atoms with Crippen LogP contribution in [0.2, 0.25) is 9.49 Å². The van der Waals surface area contributed by atoms with E-state index in [0.717, 1.165) is 15.2 Å². The van der Waals surface area contributed by atoms with Gasteiger partial charge in [0.2, 0.25) is 0 Å². The summed E-state index contributed by atoms with van der Waals surface area (Å²) in [5.74, 6) is 0. The SMILES string of the molecule is Clc1ccc2sc3cc4sc(Cl)nc4cc3c2c1. The Kier molecular flexibility index (Phi) is 2.33. The molecule has 0 aliphatic carbocycles. The number of hydrogen-bond donors (Lipinski definition) is 0. The fourth-order valence-corrected chi connectivity index (χ4v) is 4.55. The average Bonchev–Trinajstić information content (AvgIpc) is 2.85. The predicted octanol–water partition coefficient (Wildman–Crippen LogP) is 5.97. The predicted molar refractivity (Wildman–Crippen MR) is 82.5 cm³/mol. The molecule has 0 radical (unpaired) electrons. The molecule has 1 nitrogen and oxygen atoms in total. The molecule has 0 atom stereocenters. The van der Waals surface area contributed by atoms with E-state index in [1.807, 2.05) is 12.1 Å². The summed E-state index contributed by atoms with van der Waals surface area (Å²) in [5.41, 5.74) is 0.956. The van der Waals surface area contributed by atoms with Crippen LogP contribution in [0.4, 0.5) is 0 Å². The quantitative estimate of drug-likeness (QED) is 0.390. The van der Waals surface area contributed by atoms with Crippen molar-refractivity contribution in [3.8, 4) is 0 Å². The van der Waals surface area contributed by atoms with Gasteiger partial charge in [0.15, 0.2) is 4.47 Å². The number of aromatic nitrogens is 1. The van der Waals surface area contributed by atoms with Crippen molar-refractivity contribution in [3.05, 3.63) is 39.8 Å². The van der Waals surface area contributed by atoms with Crippen LogP contribution in [-0.2, 0) is 0 Å². The number of fused-ring (bicyclic) bond motifs is 4. The third kappa shape index (κ3) is 1.55. The third-order valence-electron chi connectivity index (χ3n) is 2.92. The maximum Gasteiger partial charge on any atom is 0.184 e. The van der Waals surface area contributed by atoms with Crippen molar-refractivity contribution in [2.24, 2.45) is 0 Å². The Hall–Kier alpha value is -0.870. The van der Waals surface area contributed by atoms with Crippen LogP contribution in [0.3, 0.4) is 0 Å². The Labute approximate surface area is 121 Å². The van der Waals surface area contributed by atoms with Crippen LogP contribution in [0.25, 0.3) is 30.4 Å². The average molecular weight is 310 g/mol. The lowest BCUT2D eigenvalue weighted by atomic mass is 10.1. The molecular formula is C13H5Cl2NS2. The lowest BCUT2D eigenvalue weighted by Crippen LogP contribution is -1.69. The zero-order valence-corrected chi connectivity index (χ0v) is 12.1. The van der Waals surface area contributed by atoms with E-state index in [1.54, 1.807) is 11.3 Å². The minimum atomic E-state index is 0.588. The molecule has 0 N–H and O–H groups in total. The first-order chi connectivity index (χ1) is 8.70. The van der Waals surface area contributed by atoms with Crippen molar-refractivity contribution in [3.63, 3.8) is 0 Å². The summed E-state index contributed by atoms with van der Waals surface area (Å²) in [6.45, 7) is 0. The smallest absolute Gasteiger partial charge is 0.184 e. The fourth-order valence-electron chi connectivity index (χ4n) is 2.14. The maximum atomic E-state index is 6.07. The number of thiophene rings is 1. The van der Waals surface area contributed by atoms with E-state index in [1.165, 1.54) is 31.5 Å². The van der Waals surface area contributed by atoms with Gasteiger partial charge >= 0.3 is 0 Å². The molecule has 18 heavy (non-hydrogen) atoms. The van der Waals surface area contributed by atoms with Gasteiger partial charge in [-0.3, -0.25) is 0 Å². The molecule has 0 spiro atoms. The second-order valence-electron chi connectivity index (χ2n) is 4.03. The Balaban J connectivity index is 2.23. The molecule has 0 aliphatic heterocycles. The first-order valence-corrected chi connectivity index (χ1v) is 7.67. The minimum absolute atomic E-state index is 0.588. The summed E-state index contributed by atoms with van der Waals surface area (Å²) < 4.78 is 4.22. The third-order valence-corrected chi connectivity index (χ3v) is 5.41. The highest BCUT2D eigenvalue weighted by Gasteiger charge is 2.09. The number of nitrogens with zero attached hydrogens (tertiary/aromatic N) is 1. The monoisotopic (exact) mass is 309 g/mol. The van der Waals surface area contributed by atoms with Gasteiger partial charge in [-0.05, 0) is 30.3 Å². The van der Waals surface area contributed by atoms with Crippen LogP contribution in [-0.4, -0.2) is 4.98 Å². The van der Waals surface area contributed by atoms with Crippen molar-refractivity contribution in [1.82, 2.24) is 4.98 Å². The van der Waals surface area contributed by atoms with Gasteiger partial charge in [-0.25, -0.2) is 4.98 Å². The number of halogens is 2. The molecule has 0 fully saturated rings. The lowest BCUT2D eigenvalue weighted by molar-refractivity contribution is 1.51. The highest BCUT2D eigenvalue weighted by atomic mass is 35.5. The second-order valence-corrected chi connectivity index (χ2v) is 7.16.